The average molecular weight is 561 g/mol. The molecular formula is C37H40N2O3. The van der Waals surface area contributed by atoms with Crippen molar-refractivity contribution in [3.63, 3.8) is 0 Å². The van der Waals surface area contributed by atoms with Gasteiger partial charge in [0, 0.05) is 24.6 Å². The van der Waals surface area contributed by atoms with E-state index >= 15 is 0 Å². The van der Waals surface area contributed by atoms with Crippen molar-refractivity contribution in [2.24, 2.45) is 17.3 Å². The van der Waals surface area contributed by atoms with Gasteiger partial charge in [-0.1, -0.05) is 104 Å². The summed E-state index contributed by atoms with van der Waals surface area (Å²) in [5, 5.41) is 9.07. The minimum Gasteiger partial charge on any atom is -0.357 e. The lowest BCUT2D eigenvalue weighted by Crippen LogP contribution is -2.64. The number of hydrogen-bond donors (Lipinski definition) is 2. The van der Waals surface area contributed by atoms with Gasteiger partial charge in [0.15, 0.2) is 0 Å². The van der Waals surface area contributed by atoms with Crippen molar-refractivity contribution < 1.29 is 14.3 Å². The number of Topliss-reactive ketones (excluding diaryl/α,β-unsaturated/α-hetero) is 1. The molecule has 0 radical (unpaired) electrons. The molecule has 0 aromatic heterocycles. The van der Waals surface area contributed by atoms with Crippen LogP contribution in [0.5, 0.6) is 0 Å². The van der Waals surface area contributed by atoms with Crippen LogP contribution in [0.3, 0.4) is 0 Å². The van der Waals surface area contributed by atoms with Gasteiger partial charge in [-0.3, -0.25) is 9.59 Å². The van der Waals surface area contributed by atoms with Crippen molar-refractivity contribution >= 4 is 28.2 Å². The minimum absolute atomic E-state index is 0.129. The Morgan fingerprint density at radius 1 is 0.857 bits per heavy atom. The Labute approximate surface area is 248 Å². The molecule has 4 aromatic carbocycles. The summed E-state index contributed by atoms with van der Waals surface area (Å²) >= 11 is 0. The summed E-state index contributed by atoms with van der Waals surface area (Å²) in [4.78, 5) is 28.5. The van der Waals surface area contributed by atoms with Gasteiger partial charge in [0.05, 0.1) is 17.9 Å². The fourth-order valence-electron chi connectivity index (χ4n) is 7.18. The zero-order valence-electron chi connectivity index (χ0n) is 24.9. The number of aryl methyl sites for hydroxylation is 1. The number of ether oxygens (including phenoxy) is 1. The predicted molar refractivity (Wildman–Crippen MR) is 168 cm³/mol. The van der Waals surface area contributed by atoms with Gasteiger partial charge >= 0.3 is 0 Å². The molecule has 5 nitrogen and oxygen atoms in total. The number of carbonyl (C=O) groups is 2. The van der Waals surface area contributed by atoms with Crippen molar-refractivity contribution in [2.45, 2.75) is 64.8 Å². The summed E-state index contributed by atoms with van der Waals surface area (Å²) in [6.45, 7) is 8.71. The fraction of sp³-hybridized carbons (Fsp3) is 0.351. The lowest BCUT2D eigenvalue weighted by Gasteiger charge is -2.55. The van der Waals surface area contributed by atoms with Crippen molar-refractivity contribution in [2.75, 3.05) is 5.32 Å². The van der Waals surface area contributed by atoms with E-state index in [-0.39, 0.29) is 29.1 Å². The van der Waals surface area contributed by atoms with Gasteiger partial charge in [0.25, 0.3) is 0 Å². The molecule has 5 heteroatoms. The highest BCUT2D eigenvalue weighted by atomic mass is 16.5. The largest absolute Gasteiger partial charge is 0.357 e. The van der Waals surface area contributed by atoms with E-state index in [1.807, 2.05) is 61.5 Å². The van der Waals surface area contributed by atoms with E-state index in [1.54, 1.807) is 0 Å². The van der Waals surface area contributed by atoms with Crippen LogP contribution in [-0.4, -0.2) is 23.5 Å². The highest BCUT2D eigenvalue weighted by Crippen LogP contribution is 2.54. The molecule has 2 unspecified atom stereocenters. The summed E-state index contributed by atoms with van der Waals surface area (Å²) in [5.74, 6) is -1.41. The minimum atomic E-state index is -1.07. The predicted octanol–water partition coefficient (Wildman–Crippen LogP) is 7.40. The lowest BCUT2D eigenvalue weighted by atomic mass is 9.59. The third-order valence-corrected chi connectivity index (χ3v) is 9.11. The van der Waals surface area contributed by atoms with Crippen LogP contribution in [0.4, 0.5) is 5.69 Å². The van der Waals surface area contributed by atoms with Crippen LogP contribution in [0.1, 0.15) is 56.2 Å². The molecule has 6 rings (SSSR count). The molecule has 2 aliphatic rings. The molecule has 0 bridgehead atoms. The van der Waals surface area contributed by atoms with Crippen LogP contribution < -0.4 is 10.6 Å². The Bertz CT molecular complexity index is 1600. The first kappa shape index (κ1) is 28.2. The van der Waals surface area contributed by atoms with E-state index in [0.717, 1.165) is 39.6 Å². The molecule has 1 saturated carbocycles. The number of ketones is 1. The molecule has 5 atom stereocenters. The van der Waals surface area contributed by atoms with Crippen LogP contribution in [0.25, 0.3) is 10.8 Å². The van der Waals surface area contributed by atoms with Gasteiger partial charge in [-0.25, -0.2) is 0 Å². The molecule has 2 fully saturated rings. The smallest absolute Gasteiger partial charge is 0.228 e. The van der Waals surface area contributed by atoms with Gasteiger partial charge in [-0.05, 0) is 59.7 Å². The molecule has 1 heterocycles. The molecular weight excluding hydrogens is 520 g/mol. The number of rotatable bonds is 6. The fourth-order valence-corrected chi connectivity index (χ4v) is 7.18. The van der Waals surface area contributed by atoms with Crippen LogP contribution in [0.2, 0.25) is 0 Å². The van der Waals surface area contributed by atoms with Gasteiger partial charge in [0.2, 0.25) is 5.91 Å². The number of fused-ring (bicyclic) bond motifs is 2. The van der Waals surface area contributed by atoms with Crippen LogP contribution in [0.15, 0.2) is 97.1 Å². The van der Waals surface area contributed by atoms with Crippen molar-refractivity contribution in [3.8, 4) is 0 Å². The molecule has 1 aliphatic carbocycles. The second kappa shape index (κ2) is 11.0. The van der Waals surface area contributed by atoms with Gasteiger partial charge in [-0.15, -0.1) is 0 Å². The van der Waals surface area contributed by atoms with Gasteiger partial charge in [-0.2, -0.15) is 0 Å². The summed E-state index contributed by atoms with van der Waals surface area (Å²) in [6, 6.07) is 32.7. The van der Waals surface area contributed by atoms with E-state index in [2.05, 4.69) is 73.9 Å². The molecule has 216 valence electrons. The highest BCUT2D eigenvalue weighted by molar-refractivity contribution is 5.89. The first-order valence-corrected chi connectivity index (χ1v) is 15.0. The zero-order chi connectivity index (χ0) is 29.5. The second-order valence-corrected chi connectivity index (χ2v) is 13.1. The number of carbonyl (C=O) groups excluding carboxylic acids is 2. The monoisotopic (exact) mass is 560 g/mol. The molecule has 1 saturated heterocycles. The third kappa shape index (κ3) is 5.58. The Morgan fingerprint density at radius 3 is 2.29 bits per heavy atom. The Hall–Kier alpha value is -3.96. The maximum Gasteiger partial charge on any atom is 0.228 e. The number of hydrogen-bond acceptors (Lipinski definition) is 4. The maximum atomic E-state index is 14.4. The van der Waals surface area contributed by atoms with E-state index in [1.165, 1.54) is 0 Å². The first-order chi connectivity index (χ1) is 20.1. The highest BCUT2D eigenvalue weighted by Gasteiger charge is 2.60. The second-order valence-electron chi connectivity index (χ2n) is 13.1. The third-order valence-electron chi connectivity index (χ3n) is 9.11. The SMILES string of the molecule is Cc1ccc(N[C@@]2(C)OC3CC(C)(C)CC(=O)C3[C@H](c3ccc4ccccc4c3)[C@H]2C(=O)NCc2ccccc2)cc1. The van der Waals surface area contributed by atoms with Gasteiger partial charge in [0.1, 0.15) is 11.5 Å². The Morgan fingerprint density at radius 2 is 1.55 bits per heavy atom. The summed E-state index contributed by atoms with van der Waals surface area (Å²) < 4.78 is 6.95. The molecule has 0 spiro atoms. The van der Waals surface area contributed by atoms with Crippen LogP contribution >= 0.6 is 0 Å². The Kier molecular flexibility index (Phi) is 7.40. The van der Waals surface area contributed by atoms with Crippen LogP contribution in [0, 0.1) is 24.2 Å². The molecule has 42 heavy (non-hydrogen) atoms. The van der Waals surface area contributed by atoms with Crippen molar-refractivity contribution in [1.82, 2.24) is 5.32 Å². The number of amides is 1. The average Bonchev–Trinajstić information content (AvgIpc) is 2.96. The standard InChI is InChI=1S/C37H40N2O3/c1-24-14-18-29(19-15-24)39-37(4)34(35(41)38-23-25-10-6-5-7-11-25)32(28-17-16-26-12-8-9-13-27(26)20-28)33-30(40)21-36(2,3)22-31(33)42-37/h5-20,31-34,39H,21-23H2,1-4H3,(H,38,41)/t31?,32-,33?,34-,37-/m0/s1. The van der Waals surface area contributed by atoms with Crippen LogP contribution in [-0.2, 0) is 20.9 Å². The zero-order valence-corrected chi connectivity index (χ0v) is 24.9. The number of nitrogens with one attached hydrogen (secondary N) is 2. The molecule has 1 amide bonds. The number of anilines is 1. The van der Waals surface area contributed by atoms with E-state index in [9.17, 15) is 9.59 Å². The maximum absolute atomic E-state index is 14.4. The summed E-state index contributed by atoms with van der Waals surface area (Å²) in [7, 11) is 0. The lowest BCUT2D eigenvalue weighted by molar-refractivity contribution is -0.198. The van der Waals surface area contributed by atoms with Crippen molar-refractivity contribution in [3.05, 3.63) is 114 Å². The van der Waals surface area contributed by atoms with Crippen molar-refractivity contribution in [1.29, 1.82) is 0 Å². The number of benzene rings is 4. The topological polar surface area (TPSA) is 67.4 Å². The molecule has 1 aliphatic heterocycles. The normalized spacial score (nSPS) is 26.8. The quantitative estimate of drug-likeness (QED) is 0.258. The molecule has 4 aromatic rings. The van der Waals surface area contributed by atoms with Gasteiger partial charge < -0.3 is 15.4 Å². The Balaban J connectivity index is 1.48. The summed E-state index contributed by atoms with van der Waals surface area (Å²) in [5.41, 5.74) is 2.80. The first-order valence-electron chi connectivity index (χ1n) is 15.0. The van der Waals surface area contributed by atoms with E-state index in [0.29, 0.717) is 13.0 Å². The van der Waals surface area contributed by atoms with E-state index < -0.39 is 17.6 Å². The summed E-state index contributed by atoms with van der Waals surface area (Å²) in [6.07, 6.45) is 0.901. The van der Waals surface area contributed by atoms with E-state index in [4.69, 9.17) is 4.74 Å². The molecule has 2 N–H and O–H groups in total.